The molecule has 1 aliphatic rings. The van der Waals surface area contributed by atoms with Crippen molar-refractivity contribution in [1.29, 1.82) is 0 Å². The molecule has 0 saturated carbocycles. The van der Waals surface area contributed by atoms with Gasteiger partial charge >= 0.3 is 5.97 Å². The lowest BCUT2D eigenvalue weighted by atomic mass is 10.1. The van der Waals surface area contributed by atoms with Crippen LogP contribution in [0.5, 0.6) is 0 Å². The molecule has 2 atom stereocenters. The predicted octanol–water partition coefficient (Wildman–Crippen LogP) is 3.32. The van der Waals surface area contributed by atoms with Gasteiger partial charge in [0.25, 0.3) is 11.8 Å². The maximum atomic E-state index is 13.5. The van der Waals surface area contributed by atoms with E-state index in [9.17, 15) is 24.0 Å². The van der Waals surface area contributed by atoms with Crippen LogP contribution < -0.4 is 16.0 Å². The average molecular weight is 611 g/mol. The van der Waals surface area contributed by atoms with Crippen molar-refractivity contribution in [2.24, 2.45) is 0 Å². The largest absolute Gasteiger partial charge is 0.456 e. The number of amides is 3. The van der Waals surface area contributed by atoms with Crippen molar-refractivity contribution in [1.82, 2.24) is 20.9 Å². The lowest BCUT2D eigenvalue weighted by Crippen LogP contribution is -2.47. The summed E-state index contributed by atoms with van der Waals surface area (Å²) >= 11 is 2.59. The van der Waals surface area contributed by atoms with Gasteiger partial charge in [0, 0.05) is 24.0 Å². The first-order valence-electron chi connectivity index (χ1n) is 13.3. The molecule has 1 aromatic heterocycles. The number of nitrogens with one attached hydrogen (secondary N) is 3. The molecule has 2 aromatic rings. The van der Waals surface area contributed by atoms with Crippen LogP contribution in [0.25, 0.3) is 0 Å². The minimum atomic E-state index is -1.11. The number of nitrogens with zero attached hydrogens (tertiary/aromatic N) is 1. The molecule has 0 radical (unpaired) electrons. The van der Waals surface area contributed by atoms with E-state index in [1.54, 1.807) is 31.2 Å². The molecule has 1 aromatic carbocycles. The second kappa shape index (κ2) is 16.5. The molecule has 0 spiro atoms. The lowest BCUT2D eigenvalue weighted by Gasteiger charge is -2.22. The van der Waals surface area contributed by atoms with Crippen LogP contribution in [0.3, 0.4) is 0 Å². The molecule has 3 rings (SSSR count). The first-order chi connectivity index (χ1) is 20.2. The Bertz CT molecular complexity index is 1360. The standard InChI is InChI=1S/C30H34N4O6S2/c1-4-22-28(37)34-24(16-20-10-6-5-7-11-20)30(39)40-21(12-8-9-15-42-19(2)35)17-27(36)31-18-25-26(41-3)14-13-23(32-25)29(38)33-22/h4-8,10-14,21,24H,9,15-18H2,1-3H3,(H,31,36)(H,33,38)(H,34,37)/b12-8+,22-4-/t21-,24+/m1/s1. The molecule has 12 heteroatoms. The summed E-state index contributed by atoms with van der Waals surface area (Å²) in [6.07, 6.45) is 6.21. The number of carbonyl (C=O) groups is 5. The fraction of sp³-hybridized carbons (Fsp3) is 0.333. The normalized spacial score (nSPS) is 19.6. The van der Waals surface area contributed by atoms with Crippen LogP contribution in [0.15, 0.2) is 71.3 Å². The highest BCUT2D eigenvalue weighted by Gasteiger charge is 2.28. The number of thioether (sulfide) groups is 2. The summed E-state index contributed by atoms with van der Waals surface area (Å²) in [5.74, 6) is -1.88. The van der Waals surface area contributed by atoms with Gasteiger partial charge < -0.3 is 20.7 Å². The zero-order valence-corrected chi connectivity index (χ0v) is 25.3. The Morgan fingerprint density at radius 2 is 1.86 bits per heavy atom. The fourth-order valence-electron chi connectivity index (χ4n) is 3.99. The Balaban J connectivity index is 1.95. The number of esters is 1. The number of ether oxygens (including phenoxy) is 1. The number of fused-ring (bicyclic) bond motifs is 2. The summed E-state index contributed by atoms with van der Waals surface area (Å²) in [6, 6.07) is 11.3. The topological polar surface area (TPSA) is 144 Å². The molecule has 2 bridgehead atoms. The van der Waals surface area contributed by atoms with Gasteiger partial charge in [0.2, 0.25) is 5.91 Å². The molecule has 222 valence electrons. The Labute approximate surface area is 253 Å². The first kappa shape index (κ1) is 32.6. The predicted molar refractivity (Wildman–Crippen MR) is 163 cm³/mol. The van der Waals surface area contributed by atoms with Crippen LogP contribution in [0.4, 0.5) is 0 Å². The SMILES string of the molecule is C/C=C1\NC(=O)c2ccc(SC)c(n2)CNC(=O)C[C@@H](/C=C/CCSC(C)=O)OC(=O)[C@H](Cc2ccccc2)NC1=O. The van der Waals surface area contributed by atoms with Crippen molar-refractivity contribution < 1.29 is 28.7 Å². The summed E-state index contributed by atoms with van der Waals surface area (Å²) in [4.78, 5) is 69.1. The molecule has 0 unspecified atom stereocenters. The minimum Gasteiger partial charge on any atom is -0.456 e. The third kappa shape index (κ3) is 10.2. The van der Waals surface area contributed by atoms with E-state index in [4.69, 9.17) is 4.74 Å². The molecule has 2 heterocycles. The quantitative estimate of drug-likeness (QED) is 0.141. The smallest absolute Gasteiger partial charge is 0.329 e. The van der Waals surface area contributed by atoms with Gasteiger partial charge in [-0.1, -0.05) is 54.2 Å². The lowest BCUT2D eigenvalue weighted by molar-refractivity contribution is -0.151. The van der Waals surface area contributed by atoms with E-state index in [-0.39, 0.29) is 35.9 Å². The monoisotopic (exact) mass is 610 g/mol. The third-order valence-electron chi connectivity index (χ3n) is 6.09. The summed E-state index contributed by atoms with van der Waals surface area (Å²) in [5, 5.41) is 8.05. The van der Waals surface area contributed by atoms with E-state index in [2.05, 4.69) is 20.9 Å². The number of benzene rings is 1. The van der Waals surface area contributed by atoms with Crippen molar-refractivity contribution >= 4 is 52.3 Å². The first-order valence-corrected chi connectivity index (χ1v) is 15.5. The number of rotatable bonds is 7. The maximum Gasteiger partial charge on any atom is 0.329 e. The molecule has 42 heavy (non-hydrogen) atoms. The van der Waals surface area contributed by atoms with Crippen LogP contribution in [-0.2, 0) is 36.9 Å². The van der Waals surface area contributed by atoms with Crippen molar-refractivity contribution in [3.8, 4) is 0 Å². The number of cyclic esters (lactones) is 1. The van der Waals surface area contributed by atoms with E-state index in [1.165, 1.54) is 36.5 Å². The van der Waals surface area contributed by atoms with Crippen LogP contribution >= 0.6 is 23.5 Å². The van der Waals surface area contributed by atoms with Gasteiger partial charge in [-0.3, -0.25) is 19.2 Å². The number of aromatic nitrogens is 1. The van der Waals surface area contributed by atoms with Crippen LogP contribution in [0.2, 0.25) is 0 Å². The Kier molecular flexibility index (Phi) is 12.8. The highest BCUT2D eigenvalue weighted by molar-refractivity contribution is 8.13. The van der Waals surface area contributed by atoms with Crippen LogP contribution in [0.1, 0.15) is 48.4 Å². The average Bonchev–Trinajstić information content (AvgIpc) is 2.97. The van der Waals surface area contributed by atoms with Gasteiger partial charge in [0.15, 0.2) is 5.12 Å². The number of carbonyl (C=O) groups excluding carboxylic acids is 5. The fourth-order valence-corrected chi connectivity index (χ4v) is 5.09. The molecule has 0 saturated heterocycles. The number of hydrogen-bond acceptors (Lipinski definition) is 9. The zero-order chi connectivity index (χ0) is 30.5. The Hall–Kier alpha value is -3.90. The van der Waals surface area contributed by atoms with E-state index < -0.39 is 35.8 Å². The van der Waals surface area contributed by atoms with E-state index >= 15 is 0 Å². The molecular weight excluding hydrogens is 576 g/mol. The van der Waals surface area contributed by atoms with E-state index in [1.807, 2.05) is 36.6 Å². The second-order valence-electron chi connectivity index (χ2n) is 9.23. The van der Waals surface area contributed by atoms with Crippen molar-refractivity contribution in [3.63, 3.8) is 0 Å². The third-order valence-corrected chi connectivity index (χ3v) is 7.74. The molecular formula is C30H34N4O6S2. The molecule has 3 N–H and O–H groups in total. The zero-order valence-electron chi connectivity index (χ0n) is 23.7. The number of pyridine rings is 1. The van der Waals surface area contributed by atoms with Gasteiger partial charge in [-0.2, -0.15) is 0 Å². The minimum absolute atomic E-state index is 0.00242. The summed E-state index contributed by atoms with van der Waals surface area (Å²) < 4.78 is 5.76. The summed E-state index contributed by atoms with van der Waals surface area (Å²) in [5.41, 5.74) is 1.27. The number of allylic oxidation sites excluding steroid dienone is 2. The molecule has 1 aliphatic heterocycles. The highest BCUT2D eigenvalue weighted by Crippen LogP contribution is 2.20. The Morgan fingerprint density at radius 3 is 2.55 bits per heavy atom. The van der Waals surface area contributed by atoms with E-state index in [0.717, 1.165) is 10.5 Å². The van der Waals surface area contributed by atoms with Gasteiger partial charge in [0.1, 0.15) is 23.5 Å². The van der Waals surface area contributed by atoms with Crippen molar-refractivity contribution in [3.05, 3.63) is 83.3 Å². The summed E-state index contributed by atoms with van der Waals surface area (Å²) in [7, 11) is 0. The molecule has 3 amide bonds. The Morgan fingerprint density at radius 1 is 1.10 bits per heavy atom. The molecule has 10 nitrogen and oxygen atoms in total. The molecule has 0 aliphatic carbocycles. The van der Waals surface area contributed by atoms with Crippen LogP contribution in [0, 0.1) is 0 Å². The van der Waals surface area contributed by atoms with Crippen LogP contribution in [-0.4, -0.2) is 57.9 Å². The van der Waals surface area contributed by atoms with E-state index in [0.29, 0.717) is 17.9 Å². The van der Waals surface area contributed by atoms with Gasteiger partial charge in [-0.15, -0.1) is 11.8 Å². The molecule has 0 fully saturated rings. The van der Waals surface area contributed by atoms with Crippen molar-refractivity contribution in [2.45, 2.75) is 56.7 Å². The van der Waals surface area contributed by atoms with Gasteiger partial charge in [-0.05, 0) is 43.4 Å². The van der Waals surface area contributed by atoms with Crippen molar-refractivity contribution in [2.75, 3.05) is 12.0 Å². The van der Waals surface area contributed by atoms with Gasteiger partial charge in [-0.25, -0.2) is 9.78 Å². The van der Waals surface area contributed by atoms with Gasteiger partial charge in [0.05, 0.1) is 18.7 Å². The second-order valence-corrected chi connectivity index (χ2v) is 11.4. The highest BCUT2D eigenvalue weighted by atomic mass is 32.2. The summed E-state index contributed by atoms with van der Waals surface area (Å²) in [6.45, 7) is 3.12. The number of hydrogen-bond donors (Lipinski definition) is 3. The maximum absolute atomic E-state index is 13.5.